The lowest BCUT2D eigenvalue weighted by molar-refractivity contribution is 0.150. The van der Waals surface area contributed by atoms with E-state index in [0.717, 1.165) is 33.3 Å². The van der Waals surface area contributed by atoms with Gasteiger partial charge in [-0.3, -0.25) is 4.68 Å². The van der Waals surface area contributed by atoms with Crippen LogP contribution in [0.25, 0.3) is 11.0 Å². The fraction of sp³-hybridized carbons (Fsp3) is 0.312. The monoisotopic (exact) mass is 348 g/mol. The highest BCUT2D eigenvalue weighted by Crippen LogP contribution is 2.30. The molecule has 0 saturated carbocycles. The summed E-state index contributed by atoms with van der Waals surface area (Å²) >= 11 is 3.46. The van der Waals surface area contributed by atoms with Gasteiger partial charge < -0.3 is 9.52 Å². The number of fused-ring (bicyclic) bond motifs is 1. The Hall–Kier alpha value is -1.59. The van der Waals surface area contributed by atoms with Crippen LogP contribution in [0.1, 0.15) is 30.2 Å². The Bertz CT molecular complexity index is 776. The zero-order valence-electron chi connectivity index (χ0n) is 12.0. The lowest BCUT2D eigenvalue weighted by Gasteiger charge is -2.07. The van der Waals surface area contributed by atoms with E-state index in [4.69, 9.17) is 4.42 Å². The second-order valence-corrected chi connectivity index (χ2v) is 5.99. The van der Waals surface area contributed by atoms with Crippen molar-refractivity contribution >= 4 is 26.9 Å². The quantitative estimate of drug-likeness (QED) is 0.780. The number of hydrogen-bond donors (Lipinski definition) is 1. The van der Waals surface area contributed by atoms with E-state index < -0.39 is 6.10 Å². The molecule has 0 spiro atoms. The number of nitrogens with zero attached hydrogens (tertiary/aromatic N) is 2. The van der Waals surface area contributed by atoms with Crippen molar-refractivity contribution in [3.8, 4) is 0 Å². The fourth-order valence-corrected chi connectivity index (χ4v) is 2.91. The number of aromatic nitrogens is 2. The van der Waals surface area contributed by atoms with Crippen LogP contribution in [0.4, 0.5) is 0 Å². The molecule has 0 fully saturated rings. The number of furan rings is 1. The average Bonchev–Trinajstić information content (AvgIpc) is 3.04. The summed E-state index contributed by atoms with van der Waals surface area (Å²) in [4.78, 5) is 0. The van der Waals surface area contributed by atoms with E-state index in [1.54, 1.807) is 0 Å². The summed E-state index contributed by atoms with van der Waals surface area (Å²) in [5.74, 6) is 0.580. The third kappa shape index (κ3) is 2.76. The van der Waals surface area contributed by atoms with Gasteiger partial charge in [-0.05, 0) is 40.5 Å². The Morgan fingerprint density at radius 3 is 2.86 bits per heavy atom. The maximum atomic E-state index is 10.4. The van der Waals surface area contributed by atoms with Crippen LogP contribution < -0.4 is 0 Å². The van der Waals surface area contributed by atoms with Crippen LogP contribution in [0.15, 0.2) is 39.2 Å². The Morgan fingerprint density at radius 2 is 2.19 bits per heavy atom. The molecule has 0 aliphatic carbocycles. The highest BCUT2D eigenvalue weighted by Gasteiger charge is 2.17. The molecule has 0 bridgehead atoms. The largest absolute Gasteiger partial charge is 0.457 e. The number of para-hydroxylation sites is 1. The molecule has 0 saturated heterocycles. The van der Waals surface area contributed by atoms with Crippen LogP contribution in [0.2, 0.25) is 0 Å². The SMILES string of the molecule is CCc1cc(CC(O)c2cc3cccc(Br)c3o2)n(C)n1. The van der Waals surface area contributed by atoms with Gasteiger partial charge in [-0.15, -0.1) is 0 Å². The Kier molecular flexibility index (Phi) is 3.87. The number of benzene rings is 1. The minimum Gasteiger partial charge on any atom is -0.457 e. The summed E-state index contributed by atoms with van der Waals surface area (Å²) < 4.78 is 8.49. The number of halogens is 1. The van der Waals surface area contributed by atoms with Crippen LogP contribution in [0, 0.1) is 0 Å². The second-order valence-electron chi connectivity index (χ2n) is 5.13. The van der Waals surface area contributed by atoms with Crippen LogP contribution in [0.3, 0.4) is 0 Å². The van der Waals surface area contributed by atoms with E-state index in [0.29, 0.717) is 12.2 Å². The number of rotatable bonds is 4. The lowest BCUT2D eigenvalue weighted by Crippen LogP contribution is -2.05. The van der Waals surface area contributed by atoms with Gasteiger partial charge in [-0.2, -0.15) is 5.10 Å². The molecule has 0 aliphatic rings. The third-order valence-electron chi connectivity index (χ3n) is 3.64. The van der Waals surface area contributed by atoms with Crippen LogP contribution in [-0.4, -0.2) is 14.9 Å². The van der Waals surface area contributed by atoms with Crippen molar-refractivity contribution in [3.63, 3.8) is 0 Å². The second kappa shape index (κ2) is 5.66. The first-order valence-corrected chi connectivity index (χ1v) is 7.75. The van der Waals surface area contributed by atoms with Crippen molar-refractivity contribution in [1.29, 1.82) is 0 Å². The molecule has 110 valence electrons. The summed E-state index contributed by atoms with van der Waals surface area (Å²) in [6.07, 6.45) is 0.701. The van der Waals surface area contributed by atoms with Gasteiger partial charge in [0.25, 0.3) is 0 Å². The maximum absolute atomic E-state index is 10.4. The van der Waals surface area contributed by atoms with E-state index in [2.05, 4.69) is 28.0 Å². The van der Waals surface area contributed by atoms with Gasteiger partial charge in [0, 0.05) is 24.5 Å². The minimum atomic E-state index is -0.676. The first-order chi connectivity index (χ1) is 10.1. The lowest BCUT2D eigenvalue weighted by atomic mass is 10.1. The van der Waals surface area contributed by atoms with Gasteiger partial charge in [-0.1, -0.05) is 19.1 Å². The number of aliphatic hydroxyl groups is 1. The van der Waals surface area contributed by atoms with Crippen LogP contribution >= 0.6 is 15.9 Å². The normalized spacial score (nSPS) is 13.0. The summed E-state index contributed by atoms with van der Waals surface area (Å²) in [5, 5.41) is 15.8. The van der Waals surface area contributed by atoms with Crippen molar-refractivity contribution < 1.29 is 9.52 Å². The van der Waals surface area contributed by atoms with Crippen molar-refractivity contribution in [2.75, 3.05) is 0 Å². The van der Waals surface area contributed by atoms with Gasteiger partial charge in [-0.25, -0.2) is 0 Å². The van der Waals surface area contributed by atoms with E-state index in [9.17, 15) is 5.11 Å². The first-order valence-electron chi connectivity index (χ1n) is 6.96. The summed E-state index contributed by atoms with van der Waals surface area (Å²) in [6.45, 7) is 2.07. The molecular formula is C16H17BrN2O2. The highest BCUT2D eigenvalue weighted by molar-refractivity contribution is 9.10. The standard InChI is InChI=1S/C16H17BrN2O2/c1-3-11-8-12(19(2)18-11)9-14(20)15-7-10-5-4-6-13(17)16(10)21-15/h4-8,14,20H,3,9H2,1-2H3. The Balaban J connectivity index is 1.87. The van der Waals surface area contributed by atoms with E-state index in [-0.39, 0.29) is 0 Å². The van der Waals surface area contributed by atoms with Crippen LogP contribution in [0.5, 0.6) is 0 Å². The molecule has 4 nitrogen and oxygen atoms in total. The molecule has 2 aromatic heterocycles. The highest BCUT2D eigenvalue weighted by atomic mass is 79.9. The molecule has 1 aromatic carbocycles. The first kappa shape index (κ1) is 14.4. The van der Waals surface area contributed by atoms with Crippen LogP contribution in [-0.2, 0) is 19.9 Å². The molecule has 21 heavy (non-hydrogen) atoms. The van der Waals surface area contributed by atoms with Crippen molar-refractivity contribution in [2.24, 2.45) is 7.05 Å². The minimum absolute atomic E-state index is 0.487. The predicted molar refractivity (Wildman–Crippen MR) is 85.2 cm³/mol. The van der Waals surface area contributed by atoms with Gasteiger partial charge in [0.05, 0.1) is 10.2 Å². The molecule has 2 heterocycles. The average molecular weight is 349 g/mol. The van der Waals surface area contributed by atoms with Gasteiger partial charge in [0.15, 0.2) is 0 Å². The van der Waals surface area contributed by atoms with E-state index >= 15 is 0 Å². The molecule has 0 aliphatic heterocycles. The van der Waals surface area contributed by atoms with Crippen molar-refractivity contribution in [3.05, 3.63) is 52.0 Å². The molecular weight excluding hydrogens is 332 g/mol. The number of aliphatic hydroxyl groups excluding tert-OH is 1. The Labute approximate surface area is 131 Å². The zero-order chi connectivity index (χ0) is 15.0. The van der Waals surface area contributed by atoms with E-state index in [1.165, 1.54) is 0 Å². The molecule has 5 heteroatoms. The predicted octanol–water partition coefficient (Wildman–Crippen LogP) is 3.77. The third-order valence-corrected chi connectivity index (χ3v) is 4.26. The van der Waals surface area contributed by atoms with E-state index in [1.807, 2.05) is 42.1 Å². The molecule has 1 unspecified atom stereocenters. The summed E-state index contributed by atoms with van der Waals surface area (Å²) in [5.41, 5.74) is 2.80. The molecule has 3 rings (SSSR count). The molecule has 3 aromatic rings. The molecule has 1 N–H and O–H groups in total. The fourth-order valence-electron chi connectivity index (χ4n) is 2.45. The number of hydrogen-bond acceptors (Lipinski definition) is 3. The zero-order valence-corrected chi connectivity index (χ0v) is 13.6. The summed E-state index contributed by atoms with van der Waals surface area (Å²) in [7, 11) is 1.90. The molecule has 0 radical (unpaired) electrons. The smallest absolute Gasteiger partial charge is 0.148 e. The van der Waals surface area contributed by atoms with Gasteiger partial charge >= 0.3 is 0 Å². The van der Waals surface area contributed by atoms with Crippen molar-refractivity contribution in [1.82, 2.24) is 9.78 Å². The maximum Gasteiger partial charge on any atom is 0.148 e. The topological polar surface area (TPSA) is 51.2 Å². The number of aryl methyl sites for hydroxylation is 2. The molecule has 0 amide bonds. The van der Waals surface area contributed by atoms with Gasteiger partial charge in [0.1, 0.15) is 17.4 Å². The van der Waals surface area contributed by atoms with Gasteiger partial charge in [0.2, 0.25) is 0 Å². The Morgan fingerprint density at radius 1 is 1.38 bits per heavy atom. The molecule has 1 atom stereocenters. The summed E-state index contributed by atoms with van der Waals surface area (Å²) in [6, 6.07) is 9.77. The van der Waals surface area contributed by atoms with Crippen molar-refractivity contribution in [2.45, 2.75) is 25.9 Å².